The molecule has 0 aromatic heterocycles. The van der Waals surface area contributed by atoms with Crippen molar-refractivity contribution in [2.24, 2.45) is 0 Å². The molecule has 0 radical (unpaired) electrons. The zero-order valence-corrected chi connectivity index (χ0v) is 13.8. The van der Waals surface area contributed by atoms with Crippen LogP contribution in [-0.2, 0) is 20.7 Å². The molecular weight excluding hydrogens is 316 g/mol. The van der Waals surface area contributed by atoms with Gasteiger partial charge in [0.25, 0.3) is 10.1 Å². The van der Waals surface area contributed by atoms with Crippen LogP contribution >= 0.6 is 0 Å². The van der Waals surface area contributed by atoms with E-state index < -0.39 is 10.1 Å². The summed E-state index contributed by atoms with van der Waals surface area (Å²) in [5.74, 6) is 1.49. The summed E-state index contributed by atoms with van der Waals surface area (Å²) in [7, 11) is -2.17. The lowest BCUT2D eigenvalue weighted by atomic mass is 10.1. The summed E-state index contributed by atoms with van der Waals surface area (Å²) in [5, 5.41) is 0. The smallest absolute Gasteiger partial charge is 0.297 e. The van der Waals surface area contributed by atoms with Gasteiger partial charge in [-0.15, -0.1) is 0 Å². The molecule has 0 fully saturated rings. The zero-order valence-electron chi connectivity index (χ0n) is 13.0. The minimum absolute atomic E-state index is 0.0206. The average molecular weight is 334 g/mol. The van der Waals surface area contributed by atoms with Crippen molar-refractivity contribution in [3.63, 3.8) is 0 Å². The first-order valence-electron chi connectivity index (χ1n) is 7.27. The second-order valence-electron chi connectivity index (χ2n) is 5.47. The van der Waals surface area contributed by atoms with Gasteiger partial charge in [0.05, 0.1) is 12.0 Å². The molecule has 1 unspecified atom stereocenters. The Kier molecular flexibility index (Phi) is 4.28. The van der Waals surface area contributed by atoms with E-state index in [2.05, 4.69) is 0 Å². The molecule has 23 heavy (non-hydrogen) atoms. The molecule has 122 valence electrons. The molecule has 0 amide bonds. The number of hydrogen-bond donors (Lipinski definition) is 0. The van der Waals surface area contributed by atoms with Gasteiger partial charge >= 0.3 is 0 Å². The molecule has 0 saturated carbocycles. The lowest BCUT2D eigenvalue weighted by Crippen LogP contribution is -2.23. The van der Waals surface area contributed by atoms with E-state index in [1.54, 1.807) is 31.4 Å². The van der Waals surface area contributed by atoms with Gasteiger partial charge in [-0.05, 0) is 37.3 Å². The van der Waals surface area contributed by atoms with Crippen molar-refractivity contribution in [1.82, 2.24) is 0 Å². The summed E-state index contributed by atoms with van der Waals surface area (Å²) in [6.45, 7) is 1.88. The number of benzene rings is 2. The van der Waals surface area contributed by atoms with Gasteiger partial charge < -0.3 is 9.47 Å². The Balaban J connectivity index is 1.64. The van der Waals surface area contributed by atoms with Crippen molar-refractivity contribution in [2.45, 2.75) is 24.3 Å². The first-order chi connectivity index (χ1) is 11.0. The summed E-state index contributed by atoms with van der Waals surface area (Å²) in [4.78, 5) is 0.153. The van der Waals surface area contributed by atoms with E-state index in [4.69, 9.17) is 13.7 Å². The number of rotatable bonds is 5. The van der Waals surface area contributed by atoms with Crippen LogP contribution < -0.4 is 9.47 Å². The predicted molar refractivity (Wildman–Crippen MR) is 85.4 cm³/mol. The van der Waals surface area contributed by atoms with E-state index in [1.165, 1.54) is 0 Å². The molecule has 0 spiro atoms. The maximum atomic E-state index is 12.2. The van der Waals surface area contributed by atoms with Crippen molar-refractivity contribution >= 4 is 10.1 Å². The topological polar surface area (TPSA) is 61.8 Å². The average Bonchev–Trinajstić information content (AvgIpc) is 2.95. The van der Waals surface area contributed by atoms with E-state index in [0.717, 1.165) is 22.6 Å². The number of ether oxygens (including phenoxy) is 2. The molecular formula is C17H18O5S. The van der Waals surface area contributed by atoms with E-state index in [0.29, 0.717) is 6.42 Å². The maximum Gasteiger partial charge on any atom is 0.297 e. The molecule has 5 nitrogen and oxygen atoms in total. The van der Waals surface area contributed by atoms with E-state index in [-0.39, 0.29) is 17.6 Å². The summed E-state index contributed by atoms with van der Waals surface area (Å²) in [6, 6.07) is 12.1. The van der Waals surface area contributed by atoms with Gasteiger partial charge in [0.2, 0.25) is 0 Å². The molecule has 6 heteroatoms. The highest BCUT2D eigenvalue weighted by Crippen LogP contribution is 2.32. The van der Waals surface area contributed by atoms with E-state index >= 15 is 0 Å². The molecule has 0 N–H and O–H groups in total. The Labute approximate surface area is 135 Å². The summed E-state index contributed by atoms with van der Waals surface area (Å²) in [5.41, 5.74) is 1.98. The summed E-state index contributed by atoms with van der Waals surface area (Å²) < 4.78 is 40.4. The van der Waals surface area contributed by atoms with E-state index in [9.17, 15) is 8.42 Å². The molecule has 0 bridgehead atoms. The van der Waals surface area contributed by atoms with Crippen molar-refractivity contribution in [3.05, 3.63) is 53.6 Å². The van der Waals surface area contributed by atoms with Gasteiger partial charge in [-0.1, -0.05) is 17.7 Å². The molecule has 0 aliphatic carbocycles. The zero-order chi connectivity index (χ0) is 16.4. The molecule has 1 heterocycles. The highest BCUT2D eigenvalue weighted by atomic mass is 32.2. The molecule has 3 rings (SSSR count). The van der Waals surface area contributed by atoms with Crippen molar-refractivity contribution in [3.8, 4) is 11.5 Å². The molecule has 2 aromatic carbocycles. The van der Waals surface area contributed by atoms with Gasteiger partial charge in [0, 0.05) is 12.0 Å². The predicted octanol–water partition coefficient (Wildman–Crippen LogP) is 2.71. The number of aryl methyl sites for hydroxylation is 1. The van der Waals surface area contributed by atoms with Crippen LogP contribution in [0.1, 0.15) is 11.1 Å². The van der Waals surface area contributed by atoms with E-state index in [1.807, 2.05) is 25.1 Å². The first kappa shape index (κ1) is 15.8. The van der Waals surface area contributed by atoms with Crippen molar-refractivity contribution in [2.75, 3.05) is 13.7 Å². The Morgan fingerprint density at radius 3 is 2.61 bits per heavy atom. The van der Waals surface area contributed by atoms with Crippen LogP contribution in [0.2, 0.25) is 0 Å². The molecule has 2 aromatic rings. The van der Waals surface area contributed by atoms with Gasteiger partial charge in [0.15, 0.2) is 0 Å². The van der Waals surface area contributed by atoms with Crippen LogP contribution in [0.5, 0.6) is 11.5 Å². The third kappa shape index (κ3) is 3.48. The Hall–Kier alpha value is -2.05. The van der Waals surface area contributed by atoms with Crippen LogP contribution in [0.4, 0.5) is 0 Å². The summed E-state index contributed by atoms with van der Waals surface area (Å²) >= 11 is 0. The Morgan fingerprint density at radius 2 is 1.91 bits per heavy atom. The number of hydrogen-bond acceptors (Lipinski definition) is 5. The van der Waals surface area contributed by atoms with Crippen molar-refractivity contribution < 1.29 is 22.1 Å². The van der Waals surface area contributed by atoms with Gasteiger partial charge in [-0.3, -0.25) is 4.18 Å². The standard InChI is InChI=1S/C17H18O5S/c1-12-3-6-16(7-4-12)23(18,19)21-11-15-10-13-9-14(20-2)5-8-17(13)22-15/h3-9,15H,10-11H2,1-2H3. The van der Waals surface area contributed by atoms with Gasteiger partial charge in [-0.25, -0.2) is 0 Å². The Bertz CT molecular complexity index is 796. The van der Waals surface area contributed by atoms with Crippen molar-refractivity contribution in [1.29, 1.82) is 0 Å². The normalized spacial score (nSPS) is 16.7. The highest BCUT2D eigenvalue weighted by molar-refractivity contribution is 7.86. The minimum Gasteiger partial charge on any atom is -0.497 e. The monoisotopic (exact) mass is 334 g/mol. The fraction of sp³-hybridized carbons (Fsp3) is 0.294. The highest BCUT2D eigenvalue weighted by Gasteiger charge is 2.26. The van der Waals surface area contributed by atoms with Crippen LogP contribution in [0.25, 0.3) is 0 Å². The largest absolute Gasteiger partial charge is 0.497 e. The second kappa shape index (κ2) is 6.22. The first-order valence-corrected chi connectivity index (χ1v) is 8.68. The lowest BCUT2D eigenvalue weighted by molar-refractivity contribution is 0.152. The molecule has 1 aliphatic heterocycles. The van der Waals surface area contributed by atoms with Crippen LogP contribution in [0, 0.1) is 6.92 Å². The van der Waals surface area contributed by atoms with Crippen LogP contribution in [0.3, 0.4) is 0 Å². The van der Waals surface area contributed by atoms with Crippen LogP contribution in [-0.4, -0.2) is 28.2 Å². The quantitative estimate of drug-likeness (QED) is 0.787. The Morgan fingerprint density at radius 1 is 1.17 bits per heavy atom. The SMILES string of the molecule is COc1ccc2c(c1)CC(COS(=O)(=O)c1ccc(C)cc1)O2. The third-order valence-electron chi connectivity index (χ3n) is 3.73. The second-order valence-corrected chi connectivity index (χ2v) is 7.08. The molecule has 1 aliphatic rings. The number of fused-ring (bicyclic) bond motifs is 1. The van der Waals surface area contributed by atoms with Gasteiger partial charge in [-0.2, -0.15) is 8.42 Å². The lowest BCUT2D eigenvalue weighted by Gasteiger charge is -2.11. The fourth-order valence-electron chi connectivity index (χ4n) is 2.46. The molecule has 0 saturated heterocycles. The minimum atomic E-state index is -3.77. The maximum absolute atomic E-state index is 12.2. The summed E-state index contributed by atoms with van der Waals surface area (Å²) in [6.07, 6.45) is 0.271. The number of methoxy groups -OCH3 is 1. The van der Waals surface area contributed by atoms with Crippen LogP contribution in [0.15, 0.2) is 47.4 Å². The fourth-order valence-corrected chi connectivity index (χ4v) is 3.39. The third-order valence-corrected chi connectivity index (χ3v) is 5.02. The van der Waals surface area contributed by atoms with Gasteiger partial charge in [0.1, 0.15) is 24.2 Å². The molecule has 1 atom stereocenters.